The first-order valence-electron chi connectivity index (χ1n) is 7.19. The molecule has 0 saturated heterocycles. The fourth-order valence-corrected chi connectivity index (χ4v) is 3.99. The van der Waals surface area contributed by atoms with Gasteiger partial charge in [0, 0.05) is 7.05 Å². The molecule has 6 nitrogen and oxygen atoms in total. The molecule has 3 rings (SSSR count). The van der Waals surface area contributed by atoms with Crippen LogP contribution in [0, 0.1) is 5.82 Å². The van der Waals surface area contributed by atoms with E-state index in [0.717, 1.165) is 10.4 Å². The van der Waals surface area contributed by atoms with Gasteiger partial charge in [0.25, 0.3) is 15.9 Å². The molecule has 0 radical (unpaired) electrons. The van der Waals surface area contributed by atoms with Gasteiger partial charge in [0.1, 0.15) is 11.6 Å². The minimum absolute atomic E-state index is 0.185. The van der Waals surface area contributed by atoms with Crippen LogP contribution in [0.1, 0.15) is 0 Å². The first-order valence-corrected chi connectivity index (χ1v) is 8.63. The van der Waals surface area contributed by atoms with Crippen molar-refractivity contribution in [1.82, 2.24) is 5.32 Å². The SMILES string of the molecule is CNC(=O)[C@H]1CN(S(=O)(=O)c2cccc(F)c2)c2ccccc2O1. The van der Waals surface area contributed by atoms with Crippen LogP contribution in [0.2, 0.25) is 0 Å². The van der Waals surface area contributed by atoms with Crippen LogP contribution in [0.4, 0.5) is 10.1 Å². The summed E-state index contributed by atoms with van der Waals surface area (Å²) in [6.45, 7) is -0.199. The van der Waals surface area contributed by atoms with Gasteiger partial charge in [0.05, 0.1) is 17.1 Å². The molecule has 0 fully saturated rings. The summed E-state index contributed by atoms with van der Waals surface area (Å²) >= 11 is 0. The molecule has 1 aliphatic heterocycles. The number of sulfonamides is 1. The standard InChI is InChI=1S/C16H15FN2O4S/c1-18-16(20)15-10-19(13-7-2-3-8-14(13)23-15)24(21,22)12-6-4-5-11(17)9-12/h2-9,15H,10H2,1H3,(H,18,20)/t15-/m1/s1. The number of halogens is 1. The van der Waals surface area contributed by atoms with Gasteiger partial charge in [-0.3, -0.25) is 9.10 Å². The predicted molar refractivity (Wildman–Crippen MR) is 85.9 cm³/mol. The number of benzene rings is 2. The molecule has 0 saturated carbocycles. The topological polar surface area (TPSA) is 75.7 Å². The van der Waals surface area contributed by atoms with Crippen LogP contribution in [-0.4, -0.2) is 34.0 Å². The van der Waals surface area contributed by atoms with E-state index >= 15 is 0 Å². The Kier molecular flexibility index (Phi) is 4.15. The number of rotatable bonds is 3. The summed E-state index contributed by atoms with van der Waals surface area (Å²) in [5.74, 6) is -0.818. The third-order valence-corrected chi connectivity index (χ3v) is 5.43. The van der Waals surface area contributed by atoms with Crippen LogP contribution in [0.5, 0.6) is 5.75 Å². The number of anilines is 1. The summed E-state index contributed by atoms with van der Waals surface area (Å²) in [5.41, 5.74) is 0.307. The summed E-state index contributed by atoms with van der Waals surface area (Å²) in [5, 5.41) is 2.44. The normalized spacial score (nSPS) is 16.9. The van der Waals surface area contributed by atoms with Gasteiger partial charge in [-0.2, -0.15) is 0 Å². The molecule has 0 unspecified atom stereocenters. The average molecular weight is 350 g/mol. The van der Waals surface area contributed by atoms with Gasteiger partial charge in [-0.15, -0.1) is 0 Å². The number of ether oxygens (including phenoxy) is 1. The Balaban J connectivity index is 2.09. The summed E-state index contributed by atoms with van der Waals surface area (Å²) < 4.78 is 46.0. The predicted octanol–water partition coefficient (Wildman–Crippen LogP) is 1.53. The number of fused-ring (bicyclic) bond motifs is 1. The summed E-state index contributed by atoms with van der Waals surface area (Å²) in [4.78, 5) is 11.7. The summed E-state index contributed by atoms with van der Waals surface area (Å²) in [6.07, 6.45) is -0.992. The maximum absolute atomic E-state index is 13.4. The molecule has 126 valence electrons. The molecule has 1 amide bonds. The minimum Gasteiger partial charge on any atom is -0.476 e. The number of carbonyl (C=O) groups is 1. The third kappa shape index (κ3) is 2.80. The fourth-order valence-electron chi connectivity index (χ4n) is 2.48. The molecule has 2 aromatic carbocycles. The molecule has 24 heavy (non-hydrogen) atoms. The van der Waals surface area contributed by atoms with E-state index in [1.165, 1.54) is 25.2 Å². The van der Waals surface area contributed by atoms with E-state index in [4.69, 9.17) is 4.74 Å². The Hall–Kier alpha value is -2.61. The highest BCUT2D eigenvalue weighted by Gasteiger charge is 2.37. The maximum Gasteiger partial charge on any atom is 0.264 e. The zero-order valence-electron chi connectivity index (χ0n) is 12.8. The number of nitrogens with zero attached hydrogens (tertiary/aromatic N) is 1. The first kappa shape index (κ1) is 16.3. The molecule has 1 N–H and O–H groups in total. The summed E-state index contributed by atoms with van der Waals surface area (Å²) in [7, 11) is -2.60. The highest BCUT2D eigenvalue weighted by molar-refractivity contribution is 7.92. The molecule has 0 aliphatic carbocycles. The highest BCUT2D eigenvalue weighted by Crippen LogP contribution is 2.36. The zero-order valence-corrected chi connectivity index (χ0v) is 13.6. The van der Waals surface area contributed by atoms with Crippen LogP contribution in [0.15, 0.2) is 53.4 Å². The van der Waals surface area contributed by atoms with Crippen LogP contribution < -0.4 is 14.4 Å². The van der Waals surface area contributed by atoms with Crippen molar-refractivity contribution in [3.63, 3.8) is 0 Å². The second kappa shape index (κ2) is 6.12. The van der Waals surface area contributed by atoms with E-state index in [2.05, 4.69) is 5.32 Å². The summed E-state index contributed by atoms with van der Waals surface area (Å²) in [6, 6.07) is 11.2. The minimum atomic E-state index is -4.04. The quantitative estimate of drug-likeness (QED) is 0.911. The van der Waals surface area contributed by atoms with Gasteiger partial charge in [-0.05, 0) is 30.3 Å². The number of para-hydroxylation sites is 2. The molecule has 2 aromatic rings. The zero-order chi connectivity index (χ0) is 17.3. The smallest absolute Gasteiger partial charge is 0.264 e. The Morgan fingerprint density at radius 1 is 1.25 bits per heavy atom. The van der Waals surface area contributed by atoms with Crippen LogP contribution in [0.3, 0.4) is 0 Å². The van der Waals surface area contributed by atoms with Crippen LogP contribution >= 0.6 is 0 Å². The maximum atomic E-state index is 13.4. The molecular weight excluding hydrogens is 335 g/mol. The van der Waals surface area contributed by atoms with Crippen molar-refractivity contribution < 1.29 is 22.3 Å². The molecule has 0 aromatic heterocycles. The van der Waals surface area contributed by atoms with Crippen LogP contribution in [0.25, 0.3) is 0 Å². The van der Waals surface area contributed by atoms with Crippen molar-refractivity contribution in [1.29, 1.82) is 0 Å². The molecular formula is C16H15FN2O4S. The fraction of sp³-hybridized carbons (Fsp3) is 0.188. The van der Waals surface area contributed by atoms with E-state index < -0.39 is 27.9 Å². The van der Waals surface area contributed by atoms with Crippen molar-refractivity contribution in [2.24, 2.45) is 0 Å². The van der Waals surface area contributed by atoms with Gasteiger partial charge in [0.2, 0.25) is 0 Å². The van der Waals surface area contributed by atoms with Crippen molar-refractivity contribution in [2.75, 3.05) is 17.9 Å². The Bertz CT molecular complexity index is 885. The van der Waals surface area contributed by atoms with E-state index in [-0.39, 0.29) is 17.2 Å². The lowest BCUT2D eigenvalue weighted by atomic mass is 10.2. The number of likely N-dealkylation sites (N-methyl/N-ethyl adjacent to an activating group) is 1. The molecule has 0 bridgehead atoms. The van der Waals surface area contributed by atoms with Crippen molar-refractivity contribution in [3.8, 4) is 5.75 Å². The van der Waals surface area contributed by atoms with Crippen molar-refractivity contribution in [2.45, 2.75) is 11.0 Å². The lowest BCUT2D eigenvalue weighted by Gasteiger charge is -2.34. The van der Waals surface area contributed by atoms with E-state index in [1.807, 2.05) is 0 Å². The second-order valence-electron chi connectivity index (χ2n) is 5.18. The van der Waals surface area contributed by atoms with Gasteiger partial charge in [0.15, 0.2) is 6.10 Å². The molecule has 8 heteroatoms. The molecule has 0 spiro atoms. The third-order valence-electron chi connectivity index (χ3n) is 3.66. The molecule has 1 heterocycles. The average Bonchev–Trinajstić information content (AvgIpc) is 2.60. The van der Waals surface area contributed by atoms with Crippen LogP contribution in [-0.2, 0) is 14.8 Å². The highest BCUT2D eigenvalue weighted by atomic mass is 32.2. The number of hydrogen-bond acceptors (Lipinski definition) is 4. The van der Waals surface area contributed by atoms with E-state index in [0.29, 0.717) is 5.69 Å². The monoisotopic (exact) mass is 350 g/mol. The molecule has 1 atom stereocenters. The second-order valence-corrected chi connectivity index (χ2v) is 7.04. The van der Waals surface area contributed by atoms with Gasteiger partial charge < -0.3 is 10.1 Å². The number of hydrogen-bond donors (Lipinski definition) is 1. The lowest BCUT2D eigenvalue weighted by Crippen LogP contribution is -2.50. The number of nitrogens with one attached hydrogen (secondary N) is 1. The van der Waals surface area contributed by atoms with Crippen molar-refractivity contribution >= 4 is 21.6 Å². The van der Waals surface area contributed by atoms with Gasteiger partial charge >= 0.3 is 0 Å². The van der Waals surface area contributed by atoms with Gasteiger partial charge in [-0.25, -0.2) is 12.8 Å². The largest absolute Gasteiger partial charge is 0.476 e. The molecule has 1 aliphatic rings. The number of amides is 1. The van der Waals surface area contributed by atoms with Gasteiger partial charge in [-0.1, -0.05) is 18.2 Å². The lowest BCUT2D eigenvalue weighted by molar-refractivity contribution is -0.127. The van der Waals surface area contributed by atoms with E-state index in [1.54, 1.807) is 24.3 Å². The van der Waals surface area contributed by atoms with Crippen molar-refractivity contribution in [3.05, 3.63) is 54.3 Å². The Morgan fingerprint density at radius 2 is 2.00 bits per heavy atom. The van der Waals surface area contributed by atoms with E-state index in [9.17, 15) is 17.6 Å². The first-order chi connectivity index (χ1) is 11.4. The number of carbonyl (C=O) groups excluding carboxylic acids is 1. The Labute approximate surface area is 138 Å². The Morgan fingerprint density at radius 3 is 2.71 bits per heavy atom.